The quantitative estimate of drug-likeness (QED) is 0.771. The molecule has 0 bridgehead atoms. The summed E-state index contributed by atoms with van der Waals surface area (Å²) in [6.45, 7) is 2.27. The Balaban J connectivity index is 2.24. The van der Waals surface area contributed by atoms with Gasteiger partial charge in [-0.25, -0.2) is 0 Å². The molecule has 2 atom stereocenters. The molecule has 0 heterocycles. The van der Waals surface area contributed by atoms with Gasteiger partial charge in [0, 0.05) is 6.04 Å². The fourth-order valence-corrected chi connectivity index (χ4v) is 2.71. The highest BCUT2D eigenvalue weighted by atomic mass is 14.9. The maximum absolute atomic E-state index is 3.46. The molecule has 2 rings (SSSR count). The van der Waals surface area contributed by atoms with Gasteiger partial charge < -0.3 is 5.32 Å². The number of fused-ring (bicyclic) bond motifs is 1. The molecule has 1 N–H and O–H groups in total. The largest absolute Gasteiger partial charge is 0.313 e. The highest BCUT2D eigenvalue weighted by Crippen LogP contribution is 2.37. The lowest BCUT2D eigenvalue weighted by molar-refractivity contribution is 0.384. The van der Waals surface area contributed by atoms with Crippen molar-refractivity contribution in [3.05, 3.63) is 35.4 Å². The Labute approximate surface area is 86.5 Å². The van der Waals surface area contributed by atoms with E-state index in [4.69, 9.17) is 0 Å². The van der Waals surface area contributed by atoms with Gasteiger partial charge in [-0.05, 0) is 36.9 Å². The van der Waals surface area contributed by atoms with E-state index in [9.17, 15) is 0 Å². The van der Waals surface area contributed by atoms with Crippen molar-refractivity contribution in [2.24, 2.45) is 5.92 Å². The molecule has 1 nitrogen and oxygen atoms in total. The SMILES string of the molecule is CCCC1Cc2ccccc2C1NC. The van der Waals surface area contributed by atoms with Gasteiger partial charge in [0.15, 0.2) is 0 Å². The van der Waals surface area contributed by atoms with E-state index in [2.05, 4.69) is 43.6 Å². The molecule has 1 aromatic carbocycles. The van der Waals surface area contributed by atoms with Gasteiger partial charge >= 0.3 is 0 Å². The number of hydrogen-bond donors (Lipinski definition) is 1. The predicted octanol–water partition coefficient (Wildman–Crippen LogP) is 2.92. The van der Waals surface area contributed by atoms with E-state index in [1.165, 1.54) is 24.8 Å². The van der Waals surface area contributed by atoms with Crippen LogP contribution >= 0.6 is 0 Å². The van der Waals surface area contributed by atoms with E-state index < -0.39 is 0 Å². The van der Waals surface area contributed by atoms with Crippen molar-refractivity contribution in [3.63, 3.8) is 0 Å². The van der Waals surface area contributed by atoms with Crippen LogP contribution in [0.25, 0.3) is 0 Å². The average molecular weight is 189 g/mol. The zero-order valence-corrected chi connectivity index (χ0v) is 9.09. The van der Waals surface area contributed by atoms with Gasteiger partial charge in [0.2, 0.25) is 0 Å². The van der Waals surface area contributed by atoms with E-state index in [0.29, 0.717) is 6.04 Å². The summed E-state index contributed by atoms with van der Waals surface area (Å²) in [7, 11) is 2.08. The minimum absolute atomic E-state index is 0.589. The Bertz CT molecular complexity index is 306. The smallest absolute Gasteiger partial charge is 0.0352 e. The van der Waals surface area contributed by atoms with Crippen LogP contribution in [0.4, 0.5) is 0 Å². The molecule has 1 heteroatoms. The van der Waals surface area contributed by atoms with Crippen LogP contribution in [0.3, 0.4) is 0 Å². The summed E-state index contributed by atoms with van der Waals surface area (Å²) in [4.78, 5) is 0. The second-order valence-corrected chi connectivity index (χ2v) is 4.22. The number of benzene rings is 1. The predicted molar refractivity (Wildman–Crippen MR) is 60.3 cm³/mol. The Morgan fingerprint density at radius 2 is 2.14 bits per heavy atom. The average Bonchev–Trinajstić information content (AvgIpc) is 2.55. The monoisotopic (exact) mass is 189 g/mol. The first-order valence-corrected chi connectivity index (χ1v) is 5.62. The zero-order valence-electron chi connectivity index (χ0n) is 9.09. The van der Waals surface area contributed by atoms with Crippen LogP contribution in [0, 0.1) is 5.92 Å². The minimum atomic E-state index is 0.589. The van der Waals surface area contributed by atoms with Crippen molar-refractivity contribution in [1.29, 1.82) is 0 Å². The molecule has 0 spiro atoms. The first-order chi connectivity index (χ1) is 6.86. The van der Waals surface area contributed by atoms with Crippen LogP contribution in [0.1, 0.15) is 36.9 Å². The van der Waals surface area contributed by atoms with Crippen LogP contribution in [0.15, 0.2) is 24.3 Å². The molecule has 0 aromatic heterocycles. The maximum Gasteiger partial charge on any atom is 0.0352 e. The van der Waals surface area contributed by atoms with Crippen molar-refractivity contribution in [2.45, 2.75) is 32.2 Å². The Morgan fingerprint density at radius 1 is 1.36 bits per heavy atom. The molecule has 0 radical (unpaired) electrons. The topological polar surface area (TPSA) is 12.0 Å². The molecule has 76 valence electrons. The first-order valence-electron chi connectivity index (χ1n) is 5.62. The summed E-state index contributed by atoms with van der Waals surface area (Å²) in [5.41, 5.74) is 3.07. The van der Waals surface area contributed by atoms with Gasteiger partial charge in [0.1, 0.15) is 0 Å². The molecule has 1 aliphatic carbocycles. The Morgan fingerprint density at radius 3 is 2.86 bits per heavy atom. The zero-order chi connectivity index (χ0) is 9.97. The fourth-order valence-electron chi connectivity index (χ4n) is 2.71. The number of rotatable bonds is 3. The molecule has 0 saturated carbocycles. The van der Waals surface area contributed by atoms with E-state index >= 15 is 0 Å². The third-order valence-corrected chi connectivity index (χ3v) is 3.31. The molecule has 2 unspecified atom stereocenters. The standard InChI is InChI=1S/C13H19N/c1-3-6-11-9-10-7-4-5-8-12(10)13(11)14-2/h4-5,7-8,11,13-14H,3,6,9H2,1-2H3. The lowest BCUT2D eigenvalue weighted by Crippen LogP contribution is -2.21. The summed E-state index contributed by atoms with van der Waals surface area (Å²) in [6.07, 6.45) is 3.88. The Kier molecular flexibility index (Phi) is 2.87. The van der Waals surface area contributed by atoms with Crippen LogP contribution < -0.4 is 5.32 Å². The van der Waals surface area contributed by atoms with Crippen molar-refractivity contribution < 1.29 is 0 Å². The normalized spacial score (nSPS) is 25.0. The molecule has 0 fully saturated rings. The fraction of sp³-hybridized carbons (Fsp3) is 0.538. The summed E-state index contributed by atoms with van der Waals surface area (Å²) in [5.74, 6) is 0.808. The van der Waals surface area contributed by atoms with Gasteiger partial charge in [-0.15, -0.1) is 0 Å². The van der Waals surface area contributed by atoms with E-state index in [0.717, 1.165) is 5.92 Å². The van der Waals surface area contributed by atoms with Crippen molar-refractivity contribution in [3.8, 4) is 0 Å². The van der Waals surface area contributed by atoms with Gasteiger partial charge in [-0.2, -0.15) is 0 Å². The molecule has 0 amide bonds. The van der Waals surface area contributed by atoms with Gasteiger partial charge in [-0.3, -0.25) is 0 Å². The highest BCUT2D eigenvalue weighted by Gasteiger charge is 2.29. The summed E-state index contributed by atoms with van der Waals surface area (Å²) >= 11 is 0. The molecule has 14 heavy (non-hydrogen) atoms. The summed E-state index contributed by atoms with van der Waals surface area (Å²) in [5, 5.41) is 3.46. The highest BCUT2D eigenvalue weighted by molar-refractivity contribution is 5.35. The van der Waals surface area contributed by atoms with Gasteiger partial charge in [-0.1, -0.05) is 37.6 Å². The Hall–Kier alpha value is -0.820. The lowest BCUT2D eigenvalue weighted by Gasteiger charge is -2.18. The third kappa shape index (κ3) is 1.57. The van der Waals surface area contributed by atoms with Gasteiger partial charge in [0.25, 0.3) is 0 Å². The summed E-state index contributed by atoms with van der Waals surface area (Å²) in [6, 6.07) is 9.44. The molecule has 0 aliphatic heterocycles. The van der Waals surface area contributed by atoms with Crippen LogP contribution in [-0.2, 0) is 6.42 Å². The first kappa shape index (κ1) is 9.72. The van der Waals surface area contributed by atoms with Gasteiger partial charge in [0.05, 0.1) is 0 Å². The van der Waals surface area contributed by atoms with E-state index in [1.54, 1.807) is 5.56 Å². The molecular formula is C13H19N. The van der Waals surface area contributed by atoms with Crippen LogP contribution in [0.5, 0.6) is 0 Å². The molecule has 1 aliphatic rings. The summed E-state index contributed by atoms with van der Waals surface area (Å²) < 4.78 is 0. The lowest BCUT2D eigenvalue weighted by atomic mass is 9.96. The minimum Gasteiger partial charge on any atom is -0.313 e. The van der Waals surface area contributed by atoms with E-state index in [1.807, 2.05) is 0 Å². The molecular weight excluding hydrogens is 170 g/mol. The van der Waals surface area contributed by atoms with Crippen molar-refractivity contribution in [2.75, 3.05) is 7.05 Å². The second-order valence-electron chi connectivity index (χ2n) is 4.22. The van der Waals surface area contributed by atoms with Crippen LogP contribution in [-0.4, -0.2) is 7.05 Å². The maximum atomic E-state index is 3.46. The van der Waals surface area contributed by atoms with Crippen LogP contribution in [0.2, 0.25) is 0 Å². The van der Waals surface area contributed by atoms with Crippen molar-refractivity contribution >= 4 is 0 Å². The molecule has 1 aromatic rings. The second kappa shape index (κ2) is 4.14. The molecule has 0 saturated heterocycles. The van der Waals surface area contributed by atoms with E-state index in [-0.39, 0.29) is 0 Å². The number of nitrogens with one attached hydrogen (secondary N) is 1. The number of hydrogen-bond acceptors (Lipinski definition) is 1. The third-order valence-electron chi connectivity index (χ3n) is 3.31. The van der Waals surface area contributed by atoms with Crippen molar-refractivity contribution in [1.82, 2.24) is 5.32 Å².